The van der Waals surface area contributed by atoms with Crippen molar-refractivity contribution in [1.29, 1.82) is 0 Å². The van der Waals surface area contributed by atoms with Crippen molar-refractivity contribution >= 4 is 11.6 Å². The van der Waals surface area contributed by atoms with E-state index in [2.05, 4.69) is 10.2 Å². The smallest absolute Gasteiger partial charge is 0.276 e. The number of amides is 1. The Labute approximate surface area is 102 Å². The van der Waals surface area contributed by atoms with Gasteiger partial charge in [-0.2, -0.15) is 5.10 Å². The van der Waals surface area contributed by atoms with E-state index < -0.39 is 0 Å². The molecule has 0 aliphatic carbocycles. The van der Waals surface area contributed by atoms with E-state index in [1.54, 1.807) is 4.90 Å². The summed E-state index contributed by atoms with van der Waals surface area (Å²) in [5, 5.41) is 6.90. The minimum atomic E-state index is -0.108. The van der Waals surface area contributed by atoms with Crippen LogP contribution in [0.4, 0.5) is 5.69 Å². The number of nitrogens with zero attached hydrogens (tertiary/aromatic N) is 2. The van der Waals surface area contributed by atoms with Crippen molar-refractivity contribution in [3.63, 3.8) is 0 Å². The van der Waals surface area contributed by atoms with E-state index in [0.29, 0.717) is 17.9 Å². The molecule has 96 valence electrons. The molecule has 0 saturated carbocycles. The molecule has 3 N–H and O–H groups in total. The molecule has 0 aliphatic rings. The zero-order valence-corrected chi connectivity index (χ0v) is 11.2. The zero-order chi connectivity index (χ0) is 13.2. The van der Waals surface area contributed by atoms with E-state index in [9.17, 15) is 4.79 Å². The van der Waals surface area contributed by atoms with Crippen LogP contribution in [0.25, 0.3) is 0 Å². The lowest BCUT2D eigenvalue weighted by atomic mass is 10.1. The normalized spacial score (nSPS) is 11.2. The minimum Gasteiger partial charge on any atom is -0.395 e. The molecule has 0 spiro atoms. The first-order valence-corrected chi connectivity index (χ1v) is 6.04. The highest BCUT2D eigenvalue weighted by Gasteiger charge is 2.24. The summed E-state index contributed by atoms with van der Waals surface area (Å²) in [6, 6.07) is 0.145. The summed E-state index contributed by atoms with van der Waals surface area (Å²) in [4.78, 5) is 14.0. The van der Waals surface area contributed by atoms with Crippen LogP contribution in [0.2, 0.25) is 0 Å². The molecule has 0 aliphatic heterocycles. The van der Waals surface area contributed by atoms with Crippen molar-refractivity contribution in [2.45, 2.75) is 46.6 Å². The van der Waals surface area contributed by atoms with Crippen molar-refractivity contribution < 1.29 is 4.79 Å². The third-order valence-electron chi connectivity index (χ3n) is 2.84. The van der Waals surface area contributed by atoms with Crippen molar-refractivity contribution in [1.82, 2.24) is 15.1 Å². The molecule has 1 heterocycles. The first-order valence-electron chi connectivity index (χ1n) is 6.04. The van der Waals surface area contributed by atoms with Crippen LogP contribution in [0.3, 0.4) is 0 Å². The number of aromatic nitrogens is 2. The Morgan fingerprint density at radius 2 is 2.00 bits per heavy atom. The molecule has 0 aromatic carbocycles. The van der Waals surface area contributed by atoms with Gasteiger partial charge in [0.05, 0.1) is 11.4 Å². The number of nitrogens with one attached hydrogen (secondary N) is 1. The van der Waals surface area contributed by atoms with Gasteiger partial charge in [-0.1, -0.05) is 13.8 Å². The Kier molecular flexibility index (Phi) is 4.15. The highest BCUT2D eigenvalue weighted by atomic mass is 16.2. The van der Waals surface area contributed by atoms with Crippen LogP contribution in [0.15, 0.2) is 0 Å². The van der Waals surface area contributed by atoms with E-state index in [4.69, 9.17) is 5.73 Å². The van der Waals surface area contributed by atoms with Crippen LogP contribution in [0, 0.1) is 0 Å². The van der Waals surface area contributed by atoms with Crippen LogP contribution in [0.1, 0.15) is 56.7 Å². The third-order valence-corrected chi connectivity index (χ3v) is 2.84. The van der Waals surface area contributed by atoms with E-state index in [0.717, 1.165) is 5.69 Å². The summed E-state index contributed by atoms with van der Waals surface area (Å²) >= 11 is 0. The number of nitrogens with two attached hydrogens (primary N) is 1. The van der Waals surface area contributed by atoms with Crippen LogP contribution >= 0.6 is 0 Å². The van der Waals surface area contributed by atoms with Crippen molar-refractivity contribution in [3.8, 4) is 0 Å². The topological polar surface area (TPSA) is 75.0 Å². The number of nitrogen functional groups attached to an aromatic ring is 1. The number of rotatable bonds is 4. The summed E-state index contributed by atoms with van der Waals surface area (Å²) in [6.07, 6.45) is 0. The maximum atomic E-state index is 12.2. The summed E-state index contributed by atoms with van der Waals surface area (Å²) in [5.41, 5.74) is 7.60. The van der Waals surface area contributed by atoms with E-state index in [1.165, 1.54) is 0 Å². The molecule has 0 atom stereocenters. The van der Waals surface area contributed by atoms with Gasteiger partial charge in [0.15, 0.2) is 5.69 Å². The molecule has 1 amide bonds. The zero-order valence-electron chi connectivity index (χ0n) is 11.2. The average Bonchev–Trinajstić information content (AvgIpc) is 2.60. The number of hydrogen-bond acceptors (Lipinski definition) is 3. The van der Waals surface area contributed by atoms with Gasteiger partial charge in [0, 0.05) is 12.6 Å². The summed E-state index contributed by atoms with van der Waals surface area (Å²) < 4.78 is 0. The molecular weight excluding hydrogens is 216 g/mol. The number of anilines is 1. The van der Waals surface area contributed by atoms with Gasteiger partial charge in [-0.25, -0.2) is 0 Å². The quantitative estimate of drug-likeness (QED) is 0.842. The van der Waals surface area contributed by atoms with Gasteiger partial charge in [0.2, 0.25) is 0 Å². The molecule has 17 heavy (non-hydrogen) atoms. The second kappa shape index (κ2) is 5.21. The fourth-order valence-electron chi connectivity index (χ4n) is 1.85. The van der Waals surface area contributed by atoms with Gasteiger partial charge in [-0.3, -0.25) is 9.89 Å². The molecule has 0 bridgehead atoms. The second-order valence-electron chi connectivity index (χ2n) is 4.74. The van der Waals surface area contributed by atoms with Crippen LogP contribution in [-0.2, 0) is 0 Å². The number of H-pyrrole nitrogens is 1. The Morgan fingerprint density at radius 1 is 1.41 bits per heavy atom. The number of hydrogen-bond donors (Lipinski definition) is 2. The standard InChI is InChI=1S/C12H22N4O/c1-6-16(8(4)5)12(17)11-9(13)10(7(2)3)14-15-11/h7-8H,6,13H2,1-5H3,(H,14,15). The first-order chi connectivity index (χ1) is 7.90. The molecule has 0 unspecified atom stereocenters. The Bertz CT molecular complexity index is 395. The lowest BCUT2D eigenvalue weighted by Crippen LogP contribution is -2.37. The predicted octanol–water partition coefficient (Wildman–Crippen LogP) is 1.99. The van der Waals surface area contributed by atoms with Gasteiger partial charge < -0.3 is 10.6 Å². The minimum absolute atomic E-state index is 0.108. The summed E-state index contributed by atoms with van der Waals surface area (Å²) in [6.45, 7) is 10.6. The molecule has 0 fully saturated rings. The number of aromatic amines is 1. The average molecular weight is 238 g/mol. The van der Waals surface area contributed by atoms with Gasteiger partial charge in [-0.15, -0.1) is 0 Å². The third kappa shape index (κ3) is 2.60. The lowest BCUT2D eigenvalue weighted by Gasteiger charge is -2.24. The molecule has 1 rings (SSSR count). The molecule has 0 radical (unpaired) electrons. The molecule has 0 saturated heterocycles. The largest absolute Gasteiger partial charge is 0.395 e. The van der Waals surface area contributed by atoms with Crippen LogP contribution in [-0.4, -0.2) is 33.6 Å². The van der Waals surface area contributed by atoms with Gasteiger partial charge in [0.1, 0.15) is 0 Å². The molecule has 1 aromatic heterocycles. The maximum Gasteiger partial charge on any atom is 0.276 e. The molecule has 1 aromatic rings. The monoisotopic (exact) mass is 238 g/mol. The number of carbonyl (C=O) groups excluding carboxylic acids is 1. The van der Waals surface area contributed by atoms with Crippen molar-refractivity contribution in [2.24, 2.45) is 0 Å². The Balaban J connectivity index is 3.04. The molecular formula is C12H22N4O. The van der Waals surface area contributed by atoms with Crippen LogP contribution in [0.5, 0.6) is 0 Å². The lowest BCUT2D eigenvalue weighted by molar-refractivity contribution is 0.0712. The SMILES string of the molecule is CCN(C(=O)c1n[nH]c(C(C)C)c1N)C(C)C. The van der Waals surface area contributed by atoms with Crippen LogP contribution < -0.4 is 5.73 Å². The maximum absolute atomic E-state index is 12.2. The number of carbonyl (C=O) groups is 1. The van der Waals surface area contributed by atoms with Crippen molar-refractivity contribution in [3.05, 3.63) is 11.4 Å². The van der Waals surface area contributed by atoms with E-state index in [-0.39, 0.29) is 17.9 Å². The van der Waals surface area contributed by atoms with E-state index in [1.807, 2.05) is 34.6 Å². The highest BCUT2D eigenvalue weighted by Crippen LogP contribution is 2.23. The fourth-order valence-corrected chi connectivity index (χ4v) is 1.85. The highest BCUT2D eigenvalue weighted by molar-refractivity contribution is 5.97. The van der Waals surface area contributed by atoms with Gasteiger partial charge in [-0.05, 0) is 26.7 Å². The van der Waals surface area contributed by atoms with Gasteiger partial charge >= 0.3 is 0 Å². The van der Waals surface area contributed by atoms with Crippen molar-refractivity contribution in [2.75, 3.05) is 12.3 Å². The molecule has 5 heteroatoms. The Morgan fingerprint density at radius 3 is 2.35 bits per heavy atom. The molecule has 5 nitrogen and oxygen atoms in total. The summed E-state index contributed by atoms with van der Waals surface area (Å²) in [5.74, 6) is 0.126. The van der Waals surface area contributed by atoms with Gasteiger partial charge in [0.25, 0.3) is 5.91 Å². The summed E-state index contributed by atoms with van der Waals surface area (Å²) in [7, 11) is 0. The fraction of sp³-hybridized carbons (Fsp3) is 0.667. The first kappa shape index (κ1) is 13.5. The Hall–Kier alpha value is -1.52. The van der Waals surface area contributed by atoms with E-state index >= 15 is 0 Å². The second-order valence-corrected chi connectivity index (χ2v) is 4.74. The predicted molar refractivity (Wildman–Crippen MR) is 68.9 cm³/mol.